The summed E-state index contributed by atoms with van der Waals surface area (Å²) >= 11 is 0. The van der Waals surface area contributed by atoms with E-state index in [1.807, 2.05) is 12.1 Å². The molecule has 1 aromatic rings. The standard InChI is InChI=1S/C13H12N2O2.2K.H2O2/c1-14-15-13-11(16)7-10(8-12(13)17)9-5-3-2-4-6-9;;;1-2/h3-7,10,17H,8H2,1H3;;;1-2H/q-2;2*+1;/p-1. The van der Waals surface area contributed by atoms with Gasteiger partial charge in [0.25, 0.3) is 0 Å². The van der Waals surface area contributed by atoms with Gasteiger partial charge in [-0.3, -0.25) is 0 Å². The number of allylic oxidation sites excluding steroid dienone is 2. The molecule has 0 spiro atoms. The molecular weight excluding hydrogens is 326 g/mol. The van der Waals surface area contributed by atoms with Crippen molar-refractivity contribution in [2.75, 3.05) is 7.05 Å². The minimum absolute atomic E-state index is 0. The number of aliphatic hydroxyl groups is 1. The van der Waals surface area contributed by atoms with Crippen molar-refractivity contribution >= 4 is 5.78 Å². The van der Waals surface area contributed by atoms with Gasteiger partial charge < -0.3 is 20.4 Å². The molecule has 0 saturated heterocycles. The molecule has 1 aliphatic carbocycles. The van der Waals surface area contributed by atoms with Crippen LogP contribution < -0.4 is 108 Å². The molecule has 0 amide bonds. The smallest absolute Gasteiger partial charge is 0.727 e. The molecule has 6 nitrogen and oxygen atoms in total. The number of hydrogen-bond donors (Lipinski definition) is 2. The average Bonchev–Trinajstić information content (AvgIpc) is 2.46. The van der Waals surface area contributed by atoms with E-state index in [0.717, 1.165) is 5.56 Å². The summed E-state index contributed by atoms with van der Waals surface area (Å²) in [5.41, 5.74) is 1.03. The van der Waals surface area contributed by atoms with E-state index >= 15 is 0 Å². The number of carbonyl (C=O) groups excluding carboxylic acids is 1. The van der Waals surface area contributed by atoms with Gasteiger partial charge in [0, 0.05) is 24.3 Å². The molecule has 1 unspecified atom stereocenters. The van der Waals surface area contributed by atoms with Crippen LogP contribution in [0.15, 0.2) is 46.0 Å². The third-order valence-electron chi connectivity index (χ3n) is 2.64. The number of ketones is 1. The zero-order chi connectivity index (χ0) is 14.3. The van der Waals surface area contributed by atoms with Gasteiger partial charge >= 0.3 is 103 Å². The summed E-state index contributed by atoms with van der Waals surface area (Å²) in [5.74, 6) is -0.383. The minimum Gasteiger partial charge on any atom is -0.727 e. The Kier molecular flexibility index (Phi) is 15.7. The molecule has 0 aromatic heterocycles. The quantitative estimate of drug-likeness (QED) is 0.186. The van der Waals surface area contributed by atoms with Gasteiger partial charge in [-0.2, -0.15) is 42.3 Å². The molecule has 0 radical (unpaired) electrons. The van der Waals surface area contributed by atoms with Crippen molar-refractivity contribution in [1.29, 1.82) is 0 Å². The SMILES string of the molecule is CN=NC1=C(O)CC(c2cc[c-]cc2)[CH-]C1=O.[K+].[K+].[O-]O. The number of nitrogens with zero attached hydrogens (tertiary/aromatic N) is 2. The monoisotopic (exact) mass is 339 g/mol. The van der Waals surface area contributed by atoms with Gasteiger partial charge in [0.2, 0.25) is 0 Å². The minimum atomic E-state index is -0.280. The van der Waals surface area contributed by atoms with E-state index in [1.165, 1.54) is 7.05 Å². The molecule has 21 heavy (non-hydrogen) atoms. The Labute approximate surface area is 208 Å². The van der Waals surface area contributed by atoms with E-state index in [9.17, 15) is 9.90 Å². The first kappa shape index (κ1) is 24.3. The van der Waals surface area contributed by atoms with Crippen LogP contribution in [0.25, 0.3) is 0 Å². The summed E-state index contributed by atoms with van der Waals surface area (Å²) in [4.78, 5) is 11.7. The zero-order valence-electron chi connectivity index (χ0n) is 12.3. The first-order valence-corrected chi connectivity index (χ1v) is 5.47. The van der Waals surface area contributed by atoms with Crippen LogP contribution in [0.2, 0.25) is 0 Å². The molecule has 102 valence electrons. The fraction of sp³-hybridized carbons (Fsp3) is 0.231. The van der Waals surface area contributed by atoms with Crippen LogP contribution >= 0.6 is 0 Å². The fourth-order valence-electron chi connectivity index (χ4n) is 1.84. The Morgan fingerprint density at radius 1 is 1.33 bits per heavy atom. The molecule has 1 aromatic carbocycles. The third kappa shape index (κ3) is 7.47. The molecule has 0 bridgehead atoms. The van der Waals surface area contributed by atoms with Gasteiger partial charge in [0.1, 0.15) is 0 Å². The second-order valence-electron chi connectivity index (χ2n) is 3.77. The van der Waals surface area contributed by atoms with Gasteiger partial charge in [0.05, 0.1) is 0 Å². The third-order valence-corrected chi connectivity index (χ3v) is 2.64. The van der Waals surface area contributed by atoms with E-state index in [4.69, 9.17) is 10.5 Å². The van der Waals surface area contributed by atoms with E-state index in [1.54, 1.807) is 18.6 Å². The van der Waals surface area contributed by atoms with Crippen LogP contribution in [0.3, 0.4) is 0 Å². The first-order valence-electron chi connectivity index (χ1n) is 5.47. The van der Waals surface area contributed by atoms with Crippen molar-refractivity contribution in [1.82, 2.24) is 0 Å². The maximum atomic E-state index is 11.7. The first-order chi connectivity index (χ1) is 9.22. The van der Waals surface area contributed by atoms with Crippen LogP contribution in [-0.2, 0) is 4.79 Å². The number of benzene rings is 1. The molecule has 8 heteroatoms. The van der Waals surface area contributed by atoms with Crippen molar-refractivity contribution in [2.24, 2.45) is 10.2 Å². The normalized spacial score (nSPS) is 17.1. The maximum Gasteiger partial charge on any atom is 1.00 e. The Bertz CT molecular complexity index is 492. The number of azo groups is 1. The largest absolute Gasteiger partial charge is 1.00 e. The topological polar surface area (TPSA) is 105 Å². The van der Waals surface area contributed by atoms with E-state index in [-0.39, 0.29) is 126 Å². The zero-order valence-corrected chi connectivity index (χ0v) is 18.5. The van der Waals surface area contributed by atoms with Crippen molar-refractivity contribution in [3.8, 4) is 0 Å². The summed E-state index contributed by atoms with van der Waals surface area (Å²) in [7, 11) is 1.46. The molecule has 2 N–H and O–H groups in total. The van der Waals surface area contributed by atoms with Crippen LogP contribution in [0.5, 0.6) is 0 Å². The van der Waals surface area contributed by atoms with Crippen molar-refractivity contribution in [3.05, 3.63) is 53.8 Å². The summed E-state index contributed by atoms with van der Waals surface area (Å²) in [5, 5.41) is 29.9. The molecule has 0 fully saturated rings. The second kappa shape index (κ2) is 13.5. The Morgan fingerprint density at radius 2 is 1.90 bits per heavy atom. The molecule has 1 aliphatic rings. The molecule has 0 aliphatic heterocycles. The molecule has 0 heterocycles. The number of rotatable bonds is 2. The van der Waals surface area contributed by atoms with E-state index in [2.05, 4.69) is 16.3 Å². The van der Waals surface area contributed by atoms with Gasteiger partial charge in [-0.15, -0.1) is 0 Å². The summed E-state index contributed by atoms with van der Waals surface area (Å²) in [6.45, 7) is 0. The Morgan fingerprint density at radius 3 is 2.38 bits per heavy atom. The predicted molar refractivity (Wildman–Crippen MR) is 65.0 cm³/mol. The Hall–Kier alpha value is 1.09. The van der Waals surface area contributed by atoms with Gasteiger partial charge in [-0.25, -0.2) is 10.2 Å². The van der Waals surface area contributed by atoms with Crippen molar-refractivity contribution < 1.29 is 123 Å². The van der Waals surface area contributed by atoms with Crippen LogP contribution in [0.4, 0.5) is 0 Å². The summed E-state index contributed by atoms with van der Waals surface area (Å²) in [6.07, 6.45) is 1.95. The summed E-state index contributed by atoms with van der Waals surface area (Å²) < 4.78 is 0. The van der Waals surface area contributed by atoms with Crippen molar-refractivity contribution in [3.63, 3.8) is 0 Å². The Balaban J connectivity index is 0. The van der Waals surface area contributed by atoms with Crippen LogP contribution in [0.1, 0.15) is 17.9 Å². The predicted octanol–water partition coefficient (Wildman–Crippen LogP) is -4.57. The number of aliphatic hydroxyl groups excluding tert-OH is 1. The number of Topliss-reactive ketones (excluding diaryl/α,β-unsaturated/α-hetero) is 1. The summed E-state index contributed by atoms with van der Waals surface area (Å²) in [6, 6.07) is 10.3. The number of carbonyl (C=O) groups is 1. The number of hydrogen-bond acceptors (Lipinski definition) is 6. The van der Waals surface area contributed by atoms with Crippen LogP contribution in [0, 0.1) is 12.5 Å². The van der Waals surface area contributed by atoms with Gasteiger partial charge in [-0.1, -0.05) is 5.92 Å². The molecule has 0 saturated carbocycles. The van der Waals surface area contributed by atoms with Crippen molar-refractivity contribution in [2.45, 2.75) is 12.3 Å². The van der Waals surface area contributed by atoms with E-state index in [0.29, 0.717) is 6.42 Å². The van der Waals surface area contributed by atoms with Gasteiger partial charge in [0.15, 0.2) is 0 Å². The average molecular weight is 339 g/mol. The molecule has 1 atom stereocenters. The maximum absolute atomic E-state index is 11.7. The molecule has 2 rings (SSSR count). The molecular formula is C13H13K2N2O4-. The second-order valence-corrected chi connectivity index (χ2v) is 3.77. The van der Waals surface area contributed by atoms with Crippen LogP contribution in [-0.4, -0.2) is 23.2 Å². The van der Waals surface area contributed by atoms with E-state index < -0.39 is 0 Å². The fourth-order valence-corrected chi connectivity index (χ4v) is 1.84. The van der Waals surface area contributed by atoms with Gasteiger partial charge in [-0.05, 0) is 6.42 Å².